The summed E-state index contributed by atoms with van der Waals surface area (Å²) >= 11 is -1.19. The van der Waals surface area contributed by atoms with Crippen molar-refractivity contribution in [1.29, 1.82) is 0 Å². The van der Waals surface area contributed by atoms with Crippen molar-refractivity contribution in [2.45, 2.75) is 61.5 Å². The molecule has 0 nitrogen and oxygen atoms in total. The maximum atomic E-state index is 2.56. The number of rotatable bonds is 6. The minimum absolute atomic E-state index is 1.19. The van der Waals surface area contributed by atoms with Gasteiger partial charge in [-0.25, -0.2) is 0 Å². The standard InChI is InChI=1S/C10H24Ge/c1-5-7-8-9-10-11(3,4)6-2/h5-10H2,1-4H3. The second-order valence-corrected chi connectivity index (χ2v) is 15.9. The molecule has 0 aliphatic carbocycles. The van der Waals surface area contributed by atoms with E-state index in [0.29, 0.717) is 0 Å². The molecule has 68 valence electrons. The zero-order valence-electron chi connectivity index (χ0n) is 8.74. The molecule has 0 radical (unpaired) electrons. The Morgan fingerprint density at radius 3 is 2.00 bits per heavy atom. The van der Waals surface area contributed by atoms with Crippen molar-refractivity contribution in [2.75, 3.05) is 0 Å². The molecule has 0 N–H and O–H groups in total. The first kappa shape index (κ1) is 11.5. The molecule has 11 heavy (non-hydrogen) atoms. The SMILES string of the molecule is CCCCC[CH2][Ge]([CH3])([CH3])[CH2]C. The predicted octanol–water partition coefficient (Wildman–Crippen LogP) is 4.30. The molecule has 0 aromatic rings. The molecule has 0 aromatic heterocycles. The van der Waals surface area contributed by atoms with Crippen molar-refractivity contribution in [1.82, 2.24) is 0 Å². The Hall–Kier alpha value is 0.543. The van der Waals surface area contributed by atoms with Gasteiger partial charge in [-0.3, -0.25) is 0 Å². The molecule has 0 aromatic carbocycles. The molecule has 0 atom stereocenters. The molecule has 0 bridgehead atoms. The van der Waals surface area contributed by atoms with Gasteiger partial charge in [-0.2, -0.15) is 0 Å². The quantitative estimate of drug-likeness (QED) is 0.459. The topological polar surface area (TPSA) is 0 Å². The first-order valence-electron chi connectivity index (χ1n) is 5.12. The van der Waals surface area contributed by atoms with Crippen LogP contribution in [0, 0.1) is 0 Å². The van der Waals surface area contributed by atoms with Crippen molar-refractivity contribution in [3.05, 3.63) is 0 Å². The molecule has 0 rings (SSSR count). The zero-order chi connectivity index (χ0) is 8.74. The molecule has 0 heterocycles. The summed E-state index contributed by atoms with van der Waals surface area (Å²) in [5, 5.41) is 3.10. The van der Waals surface area contributed by atoms with Crippen LogP contribution in [0.25, 0.3) is 0 Å². The molecule has 1 heteroatoms. The van der Waals surface area contributed by atoms with Crippen molar-refractivity contribution in [3.8, 4) is 0 Å². The summed E-state index contributed by atoms with van der Waals surface area (Å²) in [6.07, 6.45) is 5.81. The van der Waals surface area contributed by atoms with Crippen LogP contribution in [0.5, 0.6) is 0 Å². The van der Waals surface area contributed by atoms with Gasteiger partial charge in [0, 0.05) is 0 Å². The van der Waals surface area contributed by atoms with Gasteiger partial charge in [0.1, 0.15) is 0 Å². The Balaban J connectivity index is 3.23. The van der Waals surface area contributed by atoms with E-state index in [2.05, 4.69) is 25.4 Å². The van der Waals surface area contributed by atoms with Gasteiger partial charge >= 0.3 is 74.8 Å². The van der Waals surface area contributed by atoms with E-state index in [1.54, 1.807) is 5.25 Å². The summed E-state index contributed by atoms with van der Waals surface area (Å²) < 4.78 is 0. The molecule has 0 spiro atoms. The van der Waals surface area contributed by atoms with Crippen LogP contribution >= 0.6 is 0 Å². The average molecular weight is 217 g/mol. The van der Waals surface area contributed by atoms with E-state index in [1.807, 2.05) is 0 Å². The average Bonchev–Trinajstić information content (AvgIpc) is 1.99. The molecule has 0 fully saturated rings. The van der Waals surface area contributed by atoms with Crippen LogP contribution in [0.1, 0.15) is 39.5 Å². The Labute approximate surface area is 75.1 Å². The van der Waals surface area contributed by atoms with Gasteiger partial charge in [0.25, 0.3) is 0 Å². The summed E-state index contributed by atoms with van der Waals surface area (Å²) in [6, 6.07) is 0. The molecule has 0 aliphatic rings. The van der Waals surface area contributed by atoms with E-state index < -0.39 is 13.3 Å². The summed E-state index contributed by atoms with van der Waals surface area (Å²) in [5.74, 6) is 5.12. The van der Waals surface area contributed by atoms with Gasteiger partial charge in [0.2, 0.25) is 0 Å². The molecule has 0 saturated heterocycles. The monoisotopic (exact) mass is 218 g/mol. The van der Waals surface area contributed by atoms with Gasteiger partial charge < -0.3 is 0 Å². The van der Waals surface area contributed by atoms with E-state index in [-0.39, 0.29) is 0 Å². The van der Waals surface area contributed by atoms with Gasteiger partial charge in [0.15, 0.2) is 0 Å². The number of hydrogen-bond donors (Lipinski definition) is 0. The normalized spacial score (nSPS) is 12.0. The first-order valence-corrected chi connectivity index (χ1v) is 12.3. The van der Waals surface area contributed by atoms with E-state index in [9.17, 15) is 0 Å². The third-order valence-corrected chi connectivity index (χ3v) is 10.3. The second-order valence-electron chi connectivity index (χ2n) is 4.33. The number of hydrogen-bond acceptors (Lipinski definition) is 0. The fourth-order valence-electron chi connectivity index (χ4n) is 1.21. The van der Waals surface area contributed by atoms with Crippen LogP contribution < -0.4 is 0 Å². The van der Waals surface area contributed by atoms with Crippen molar-refractivity contribution >= 4 is 13.3 Å². The summed E-state index contributed by atoms with van der Waals surface area (Å²) in [5.41, 5.74) is 0. The Kier molecular flexibility index (Phi) is 6.40. The molecular formula is C10H24Ge. The summed E-state index contributed by atoms with van der Waals surface area (Å²) in [6.45, 7) is 4.66. The fraction of sp³-hybridized carbons (Fsp3) is 1.00. The minimum atomic E-state index is -1.19. The predicted molar refractivity (Wildman–Crippen MR) is 56.9 cm³/mol. The van der Waals surface area contributed by atoms with Gasteiger partial charge in [-0.05, 0) is 0 Å². The first-order chi connectivity index (χ1) is 5.12. The van der Waals surface area contributed by atoms with E-state index in [4.69, 9.17) is 0 Å². The van der Waals surface area contributed by atoms with Gasteiger partial charge in [-0.15, -0.1) is 0 Å². The number of unbranched alkanes of at least 4 members (excludes halogenated alkanes) is 3. The van der Waals surface area contributed by atoms with Crippen molar-refractivity contribution in [2.24, 2.45) is 0 Å². The molecule has 0 amide bonds. The Morgan fingerprint density at radius 1 is 0.909 bits per heavy atom. The van der Waals surface area contributed by atoms with Crippen LogP contribution in [-0.4, -0.2) is 13.3 Å². The van der Waals surface area contributed by atoms with E-state index in [1.165, 1.54) is 30.9 Å². The van der Waals surface area contributed by atoms with Crippen LogP contribution in [0.4, 0.5) is 0 Å². The molecule has 0 aliphatic heterocycles. The van der Waals surface area contributed by atoms with Crippen molar-refractivity contribution in [3.63, 3.8) is 0 Å². The Morgan fingerprint density at radius 2 is 1.55 bits per heavy atom. The second kappa shape index (κ2) is 6.10. The molecular weight excluding hydrogens is 193 g/mol. The third kappa shape index (κ3) is 6.92. The fourth-order valence-corrected chi connectivity index (χ4v) is 4.48. The van der Waals surface area contributed by atoms with Gasteiger partial charge in [-0.1, -0.05) is 0 Å². The summed E-state index contributed by atoms with van der Waals surface area (Å²) in [7, 11) is 0. The van der Waals surface area contributed by atoms with Gasteiger partial charge in [0.05, 0.1) is 0 Å². The van der Waals surface area contributed by atoms with Crippen molar-refractivity contribution < 1.29 is 0 Å². The van der Waals surface area contributed by atoms with Crippen LogP contribution in [0.3, 0.4) is 0 Å². The van der Waals surface area contributed by atoms with Crippen LogP contribution in [-0.2, 0) is 0 Å². The molecule has 0 saturated carbocycles. The van der Waals surface area contributed by atoms with E-state index >= 15 is 0 Å². The maximum absolute atomic E-state index is 2.56. The molecule has 0 unspecified atom stereocenters. The van der Waals surface area contributed by atoms with Crippen LogP contribution in [0.2, 0.25) is 22.0 Å². The summed E-state index contributed by atoms with van der Waals surface area (Å²) in [4.78, 5) is 0. The van der Waals surface area contributed by atoms with Crippen LogP contribution in [0.15, 0.2) is 0 Å². The zero-order valence-corrected chi connectivity index (χ0v) is 10.8. The Bertz CT molecular complexity index is 86.9. The third-order valence-electron chi connectivity index (χ3n) is 2.66. The van der Waals surface area contributed by atoms with E-state index in [0.717, 1.165) is 0 Å².